The van der Waals surface area contributed by atoms with Crippen molar-refractivity contribution in [2.24, 2.45) is 0 Å². The van der Waals surface area contributed by atoms with Gasteiger partial charge in [0.25, 0.3) is 0 Å². The number of oxazole rings is 1. The summed E-state index contributed by atoms with van der Waals surface area (Å²) < 4.78 is 5.43. The maximum absolute atomic E-state index is 12.1. The molecule has 2 aromatic heterocycles. The van der Waals surface area contributed by atoms with Crippen molar-refractivity contribution in [2.45, 2.75) is 38.3 Å². The summed E-state index contributed by atoms with van der Waals surface area (Å²) in [7, 11) is 0. The van der Waals surface area contributed by atoms with Gasteiger partial charge in [0.2, 0.25) is 11.8 Å². The first-order chi connectivity index (χ1) is 10.2. The Labute approximate surface area is 152 Å². The van der Waals surface area contributed by atoms with Crippen molar-refractivity contribution in [2.75, 3.05) is 6.54 Å². The minimum atomic E-state index is 0. The topological polar surface area (TPSA) is 67.2 Å². The number of hydrogen-bond acceptors (Lipinski definition) is 5. The number of thiophene rings is 1. The van der Waals surface area contributed by atoms with Gasteiger partial charge in [-0.1, -0.05) is 6.07 Å². The molecule has 1 saturated heterocycles. The number of halogens is 2. The van der Waals surface area contributed by atoms with Crippen LogP contribution in [0.5, 0.6) is 0 Å². The lowest BCUT2D eigenvalue weighted by atomic mass is 10.00. The molecule has 1 aliphatic heterocycles. The van der Waals surface area contributed by atoms with Gasteiger partial charge in [-0.25, -0.2) is 4.98 Å². The average molecular weight is 378 g/mol. The molecule has 0 bridgehead atoms. The number of nitrogens with zero attached hydrogens (tertiary/aromatic N) is 1. The highest BCUT2D eigenvalue weighted by atomic mass is 35.5. The van der Waals surface area contributed by atoms with Gasteiger partial charge in [0.15, 0.2) is 0 Å². The van der Waals surface area contributed by atoms with Gasteiger partial charge < -0.3 is 15.1 Å². The molecule has 1 aliphatic rings. The molecule has 3 rings (SSSR count). The Balaban J connectivity index is 0.00000132. The molecule has 3 heterocycles. The van der Waals surface area contributed by atoms with E-state index in [9.17, 15) is 4.79 Å². The van der Waals surface area contributed by atoms with E-state index in [0.717, 1.165) is 24.3 Å². The summed E-state index contributed by atoms with van der Waals surface area (Å²) in [6.45, 7) is 3.14. The Morgan fingerprint density at radius 3 is 3.04 bits per heavy atom. The molecule has 2 N–H and O–H groups in total. The van der Waals surface area contributed by atoms with Crippen molar-refractivity contribution in [1.82, 2.24) is 15.6 Å². The minimum Gasteiger partial charge on any atom is -0.444 e. The van der Waals surface area contributed by atoms with Gasteiger partial charge in [0, 0.05) is 12.1 Å². The normalized spacial score (nSPS) is 20.2. The Hall–Kier alpha value is -1.08. The molecule has 0 aliphatic carbocycles. The average Bonchev–Trinajstić information content (AvgIpc) is 3.12. The van der Waals surface area contributed by atoms with Gasteiger partial charge in [-0.05, 0) is 37.8 Å². The summed E-state index contributed by atoms with van der Waals surface area (Å²) in [6.07, 6.45) is 3.95. The minimum absolute atomic E-state index is 0. The van der Waals surface area contributed by atoms with E-state index in [1.807, 2.05) is 17.5 Å². The van der Waals surface area contributed by atoms with Crippen LogP contribution >= 0.6 is 36.2 Å². The number of carbonyl (C=O) groups excluding carboxylic acids is 1. The summed E-state index contributed by atoms with van der Waals surface area (Å²) in [6, 6.07) is 4.43. The molecule has 2 atom stereocenters. The third-order valence-electron chi connectivity index (χ3n) is 3.73. The number of piperidine rings is 1. The molecule has 1 fully saturated rings. The van der Waals surface area contributed by atoms with Gasteiger partial charge in [-0.3, -0.25) is 4.79 Å². The third kappa shape index (κ3) is 5.21. The quantitative estimate of drug-likeness (QED) is 0.858. The van der Waals surface area contributed by atoms with Gasteiger partial charge >= 0.3 is 0 Å². The van der Waals surface area contributed by atoms with Crippen LogP contribution in [0.4, 0.5) is 0 Å². The molecule has 5 nitrogen and oxygen atoms in total. The molecule has 0 saturated carbocycles. The van der Waals surface area contributed by atoms with Gasteiger partial charge in [-0.2, -0.15) is 0 Å². The van der Waals surface area contributed by atoms with Crippen molar-refractivity contribution >= 4 is 42.1 Å². The number of hydrogen-bond donors (Lipinski definition) is 2. The Kier molecular flexibility index (Phi) is 8.05. The van der Waals surface area contributed by atoms with Crippen LogP contribution in [0.1, 0.15) is 25.5 Å². The lowest BCUT2D eigenvalue weighted by Gasteiger charge is -2.30. The van der Waals surface area contributed by atoms with Crippen LogP contribution in [-0.4, -0.2) is 29.5 Å². The lowest BCUT2D eigenvalue weighted by Crippen LogP contribution is -2.52. The first-order valence-electron chi connectivity index (χ1n) is 7.23. The highest BCUT2D eigenvalue weighted by Crippen LogP contribution is 2.23. The largest absolute Gasteiger partial charge is 0.444 e. The second-order valence-corrected chi connectivity index (χ2v) is 6.30. The zero-order valence-corrected chi connectivity index (χ0v) is 15.2. The number of amides is 1. The molecule has 1 amide bonds. The molecule has 0 spiro atoms. The fourth-order valence-electron chi connectivity index (χ4n) is 2.57. The fourth-order valence-corrected chi connectivity index (χ4v) is 3.22. The summed E-state index contributed by atoms with van der Waals surface area (Å²) in [5, 5.41) is 8.43. The van der Waals surface area contributed by atoms with Crippen LogP contribution in [0, 0.1) is 0 Å². The van der Waals surface area contributed by atoms with E-state index in [4.69, 9.17) is 4.42 Å². The predicted molar refractivity (Wildman–Crippen MR) is 96.6 cm³/mol. The van der Waals surface area contributed by atoms with Crippen molar-refractivity contribution in [3.05, 3.63) is 29.5 Å². The van der Waals surface area contributed by atoms with E-state index < -0.39 is 0 Å². The number of carbonyl (C=O) groups is 1. The van der Waals surface area contributed by atoms with E-state index in [2.05, 4.69) is 22.5 Å². The van der Waals surface area contributed by atoms with E-state index in [-0.39, 0.29) is 43.2 Å². The summed E-state index contributed by atoms with van der Waals surface area (Å²) in [4.78, 5) is 17.5. The van der Waals surface area contributed by atoms with E-state index in [0.29, 0.717) is 17.6 Å². The maximum atomic E-state index is 12.1. The van der Waals surface area contributed by atoms with E-state index in [1.165, 1.54) is 0 Å². The van der Waals surface area contributed by atoms with Crippen LogP contribution in [0.25, 0.3) is 10.8 Å². The smallest absolute Gasteiger partial charge is 0.236 e. The zero-order chi connectivity index (χ0) is 14.7. The summed E-state index contributed by atoms with van der Waals surface area (Å²) >= 11 is 1.57. The highest BCUT2D eigenvalue weighted by Gasteiger charge is 2.22. The maximum Gasteiger partial charge on any atom is 0.236 e. The van der Waals surface area contributed by atoms with Crippen LogP contribution < -0.4 is 10.6 Å². The van der Waals surface area contributed by atoms with Crippen molar-refractivity contribution in [3.63, 3.8) is 0 Å². The Morgan fingerprint density at radius 2 is 2.35 bits per heavy atom. The first-order valence-corrected chi connectivity index (χ1v) is 8.11. The predicted octanol–water partition coefficient (Wildman–Crippen LogP) is 3.05. The van der Waals surface area contributed by atoms with Gasteiger partial charge in [0.05, 0.1) is 17.0 Å². The van der Waals surface area contributed by atoms with Gasteiger partial charge in [-0.15, -0.1) is 36.2 Å². The second kappa shape index (κ2) is 9.27. The van der Waals surface area contributed by atoms with Crippen LogP contribution in [-0.2, 0) is 11.2 Å². The molecule has 0 aromatic carbocycles. The second-order valence-electron chi connectivity index (χ2n) is 5.36. The zero-order valence-electron chi connectivity index (χ0n) is 12.8. The van der Waals surface area contributed by atoms with Crippen LogP contribution in [0.2, 0.25) is 0 Å². The van der Waals surface area contributed by atoms with E-state index in [1.54, 1.807) is 17.6 Å². The Bertz CT molecular complexity index is 604. The fraction of sp³-hybridized carbons (Fsp3) is 0.467. The third-order valence-corrected chi connectivity index (χ3v) is 4.59. The van der Waals surface area contributed by atoms with Crippen molar-refractivity contribution < 1.29 is 9.21 Å². The Morgan fingerprint density at radius 1 is 1.52 bits per heavy atom. The molecule has 128 valence electrons. The van der Waals surface area contributed by atoms with Crippen molar-refractivity contribution in [1.29, 1.82) is 0 Å². The molecular weight excluding hydrogens is 357 g/mol. The lowest BCUT2D eigenvalue weighted by molar-refractivity contribution is -0.121. The molecule has 8 heteroatoms. The van der Waals surface area contributed by atoms with E-state index >= 15 is 0 Å². The number of nitrogens with one attached hydrogen (secondary N) is 2. The molecule has 2 unspecified atom stereocenters. The molecule has 23 heavy (non-hydrogen) atoms. The summed E-state index contributed by atoms with van der Waals surface area (Å²) in [5.41, 5.74) is 0.673. The molecular formula is C15H21Cl2N3O2S. The van der Waals surface area contributed by atoms with Crippen LogP contribution in [0.3, 0.4) is 0 Å². The monoisotopic (exact) mass is 377 g/mol. The SMILES string of the molecule is CC1NCCCC1NC(=O)Cc1coc(-c2cccs2)n1.Cl.Cl. The molecule has 0 radical (unpaired) electrons. The highest BCUT2D eigenvalue weighted by molar-refractivity contribution is 7.13. The van der Waals surface area contributed by atoms with Gasteiger partial charge in [0.1, 0.15) is 6.26 Å². The number of aromatic nitrogens is 1. The first kappa shape index (κ1) is 20.0. The standard InChI is InChI=1S/C15H19N3O2S.2ClH/c1-10-12(4-2-6-16-10)18-14(19)8-11-9-20-15(17-11)13-5-3-7-21-13;;/h3,5,7,9-10,12,16H,2,4,6,8H2,1H3,(H,18,19);2*1H. The summed E-state index contributed by atoms with van der Waals surface area (Å²) in [5.74, 6) is 0.585. The molecule has 2 aromatic rings. The van der Waals surface area contributed by atoms with Crippen LogP contribution in [0.15, 0.2) is 28.2 Å². The van der Waals surface area contributed by atoms with Crippen molar-refractivity contribution in [3.8, 4) is 10.8 Å². The number of rotatable bonds is 4.